The second-order valence-electron chi connectivity index (χ2n) is 9.36. The van der Waals surface area contributed by atoms with Crippen molar-refractivity contribution in [2.75, 3.05) is 54.5 Å². The van der Waals surface area contributed by atoms with E-state index in [4.69, 9.17) is 37.9 Å². The van der Waals surface area contributed by atoms with Gasteiger partial charge in [0.2, 0.25) is 17.8 Å². The Hall–Kier alpha value is -2.57. The molecular weight excluding hydrogens is 420 g/mol. The highest BCUT2D eigenvalue weighted by Crippen LogP contribution is 2.24. The number of benzene rings is 1. The van der Waals surface area contributed by atoms with E-state index >= 15 is 0 Å². The number of nitrogens with two attached hydrogens (primary N) is 4. The van der Waals surface area contributed by atoms with Gasteiger partial charge in [0.25, 0.3) is 0 Å². The van der Waals surface area contributed by atoms with E-state index in [0.717, 1.165) is 18.4 Å². The fraction of sp³-hybridized carbons (Fsp3) is 0.591. The van der Waals surface area contributed by atoms with E-state index in [-0.39, 0.29) is 24.2 Å². The lowest BCUT2D eigenvalue weighted by molar-refractivity contribution is 0.184. The van der Waals surface area contributed by atoms with Gasteiger partial charge in [-0.15, -0.1) is 0 Å². The third-order valence-electron chi connectivity index (χ3n) is 6.17. The summed E-state index contributed by atoms with van der Waals surface area (Å²) in [7, 11) is 1.86. The van der Waals surface area contributed by atoms with Crippen LogP contribution in [0.25, 0.3) is 0 Å². The maximum Gasteiger partial charge on any atom is 0.232 e. The summed E-state index contributed by atoms with van der Waals surface area (Å²) in [4.78, 5) is 20.1. The zero-order chi connectivity index (χ0) is 23.5. The normalized spacial score (nSPS) is 26.8. The summed E-state index contributed by atoms with van der Waals surface area (Å²) in [5.41, 5.74) is 25.7. The Morgan fingerprint density at radius 3 is 1.76 bits per heavy atom. The highest BCUT2D eigenvalue weighted by Gasteiger charge is 2.29. The Morgan fingerprint density at radius 2 is 1.30 bits per heavy atom. The third-order valence-corrected chi connectivity index (χ3v) is 6.17. The van der Waals surface area contributed by atoms with Crippen molar-refractivity contribution in [2.45, 2.75) is 43.1 Å². The lowest BCUT2D eigenvalue weighted by Crippen LogP contribution is -2.54. The van der Waals surface area contributed by atoms with Crippen LogP contribution in [0.15, 0.2) is 30.3 Å². The van der Waals surface area contributed by atoms with Crippen LogP contribution in [0.5, 0.6) is 0 Å². The zero-order valence-electron chi connectivity index (χ0n) is 19.2. The van der Waals surface area contributed by atoms with Crippen LogP contribution in [0, 0.1) is 0 Å². The highest BCUT2D eigenvalue weighted by molar-refractivity contribution is 5.47. The van der Waals surface area contributed by atoms with Crippen LogP contribution in [0.1, 0.15) is 24.5 Å². The molecule has 11 heteroatoms. The van der Waals surface area contributed by atoms with Crippen molar-refractivity contribution >= 4 is 17.8 Å². The van der Waals surface area contributed by atoms with Crippen molar-refractivity contribution in [1.82, 2.24) is 15.0 Å². The molecule has 33 heavy (non-hydrogen) atoms. The van der Waals surface area contributed by atoms with Crippen molar-refractivity contribution in [3.8, 4) is 0 Å². The molecule has 2 aliphatic heterocycles. The molecule has 2 aliphatic rings. The monoisotopic (exact) mass is 456 g/mol. The van der Waals surface area contributed by atoms with Crippen LogP contribution in [0.3, 0.4) is 0 Å². The zero-order valence-corrected chi connectivity index (χ0v) is 19.2. The minimum atomic E-state index is -0.687. The van der Waals surface area contributed by atoms with Crippen LogP contribution >= 0.6 is 0 Å². The fourth-order valence-corrected chi connectivity index (χ4v) is 4.60. The molecule has 180 valence electrons. The molecule has 3 heterocycles. The molecular formula is C22H36N10O. The van der Waals surface area contributed by atoms with Gasteiger partial charge in [0.15, 0.2) is 0 Å². The second kappa shape index (κ2) is 10.1. The molecule has 2 saturated heterocycles. The molecule has 9 N–H and O–H groups in total. The van der Waals surface area contributed by atoms with Gasteiger partial charge in [0.1, 0.15) is 0 Å². The van der Waals surface area contributed by atoms with E-state index in [1.165, 1.54) is 0 Å². The van der Waals surface area contributed by atoms with Gasteiger partial charge in [-0.3, -0.25) is 0 Å². The predicted octanol–water partition coefficient (Wildman–Crippen LogP) is -1.23. The van der Waals surface area contributed by atoms with Gasteiger partial charge in [-0.05, 0) is 18.4 Å². The van der Waals surface area contributed by atoms with E-state index < -0.39 is 6.10 Å². The highest BCUT2D eigenvalue weighted by atomic mass is 16.3. The fourth-order valence-electron chi connectivity index (χ4n) is 4.60. The number of aromatic nitrogens is 3. The number of piperidine rings is 2. The SMILES string of the molecule is CN(CC(O)c1ccccc1)c1nc(N2CC(N)CC(N)C2)nc(N2CC(N)CC(N)C2)n1. The predicted molar refractivity (Wildman–Crippen MR) is 130 cm³/mol. The van der Waals surface area contributed by atoms with Gasteiger partial charge in [0.05, 0.1) is 12.6 Å². The number of hydrogen-bond donors (Lipinski definition) is 5. The summed E-state index contributed by atoms with van der Waals surface area (Å²) in [5.74, 6) is 1.51. The molecule has 0 radical (unpaired) electrons. The first-order valence-corrected chi connectivity index (χ1v) is 11.5. The number of aliphatic hydroxyl groups excluding tert-OH is 1. The Kier molecular flexibility index (Phi) is 7.25. The maximum absolute atomic E-state index is 10.7. The minimum Gasteiger partial charge on any atom is -0.387 e. The van der Waals surface area contributed by atoms with Crippen LogP contribution in [0.4, 0.5) is 17.8 Å². The molecule has 11 nitrogen and oxygen atoms in total. The topological polar surface area (TPSA) is 173 Å². The lowest BCUT2D eigenvalue weighted by Gasteiger charge is -2.37. The van der Waals surface area contributed by atoms with E-state index in [2.05, 4.69) is 0 Å². The largest absolute Gasteiger partial charge is 0.387 e. The van der Waals surface area contributed by atoms with E-state index in [1.54, 1.807) is 0 Å². The van der Waals surface area contributed by atoms with E-state index in [0.29, 0.717) is 50.6 Å². The molecule has 5 atom stereocenters. The van der Waals surface area contributed by atoms with Gasteiger partial charge >= 0.3 is 0 Å². The molecule has 0 bridgehead atoms. The number of anilines is 3. The average molecular weight is 457 g/mol. The first-order chi connectivity index (χ1) is 15.8. The Bertz CT molecular complexity index is 851. The average Bonchev–Trinajstić information content (AvgIpc) is 2.78. The van der Waals surface area contributed by atoms with Crippen molar-refractivity contribution in [1.29, 1.82) is 0 Å². The van der Waals surface area contributed by atoms with Crippen molar-refractivity contribution in [3.63, 3.8) is 0 Å². The lowest BCUT2D eigenvalue weighted by atomic mass is 10.0. The van der Waals surface area contributed by atoms with Crippen LogP contribution in [0.2, 0.25) is 0 Å². The molecule has 5 unspecified atom stereocenters. The molecule has 2 aromatic rings. The summed E-state index contributed by atoms with van der Waals surface area (Å²) in [6.45, 7) is 2.79. The van der Waals surface area contributed by atoms with Crippen LogP contribution < -0.4 is 37.6 Å². The molecule has 0 aliphatic carbocycles. The smallest absolute Gasteiger partial charge is 0.232 e. The second-order valence-corrected chi connectivity index (χ2v) is 9.36. The summed E-state index contributed by atoms with van der Waals surface area (Å²) < 4.78 is 0. The van der Waals surface area contributed by atoms with Gasteiger partial charge in [-0.25, -0.2) is 0 Å². The van der Waals surface area contributed by atoms with Gasteiger partial charge < -0.3 is 42.7 Å². The van der Waals surface area contributed by atoms with E-state index in [1.807, 2.05) is 52.1 Å². The van der Waals surface area contributed by atoms with Gasteiger partial charge in [-0.1, -0.05) is 30.3 Å². The Morgan fingerprint density at radius 1 is 0.848 bits per heavy atom. The molecule has 1 aromatic carbocycles. The van der Waals surface area contributed by atoms with Crippen molar-refractivity contribution in [3.05, 3.63) is 35.9 Å². The molecule has 0 saturated carbocycles. The summed E-state index contributed by atoms with van der Waals surface area (Å²) in [6, 6.07) is 9.34. The first-order valence-electron chi connectivity index (χ1n) is 11.5. The minimum absolute atomic E-state index is 0.0492. The molecule has 1 aromatic heterocycles. The molecule has 0 amide bonds. The Labute approximate surface area is 194 Å². The third kappa shape index (κ3) is 5.87. The van der Waals surface area contributed by atoms with Crippen molar-refractivity contribution < 1.29 is 5.11 Å². The summed E-state index contributed by atoms with van der Waals surface area (Å²) in [6.07, 6.45) is 0.842. The van der Waals surface area contributed by atoms with Gasteiger partial charge in [0, 0.05) is 57.4 Å². The Balaban J connectivity index is 1.63. The summed E-state index contributed by atoms with van der Waals surface area (Å²) in [5, 5.41) is 10.7. The number of likely N-dealkylation sites (N-methyl/N-ethyl adjacent to an activating group) is 1. The van der Waals surface area contributed by atoms with Crippen molar-refractivity contribution in [2.24, 2.45) is 22.9 Å². The maximum atomic E-state index is 10.7. The number of aliphatic hydroxyl groups is 1. The number of nitrogens with zero attached hydrogens (tertiary/aromatic N) is 6. The van der Waals surface area contributed by atoms with Crippen LogP contribution in [-0.4, -0.2) is 84.0 Å². The number of hydrogen-bond acceptors (Lipinski definition) is 11. The van der Waals surface area contributed by atoms with E-state index in [9.17, 15) is 5.11 Å². The molecule has 4 rings (SSSR count). The molecule has 0 spiro atoms. The molecule has 2 fully saturated rings. The van der Waals surface area contributed by atoms with Crippen LogP contribution in [-0.2, 0) is 0 Å². The standard InChI is InChI=1S/C22H36N10O/c1-30(13-19(33)14-5-3-2-4-6-14)20-27-21(31-9-15(23)7-16(24)10-31)29-22(28-20)32-11-17(25)8-18(26)12-32/h2-6,15-19,33H,7-13,23-26H2,1H3. The summed E-state index contributed by atoms with van der Waals surface area (Å²) >= 11 is 0. The first kappa shape index (κ1) is 23.6. The quantitative estimate of drug-likeness (QED) is 0.352. The number of rotatable bonds is 6. The van der Waals surface area contributed by atoms with Gasteiger partial charge in [-0.2, -0.15) is 15.0 Å².